The van der Waals surface area contributed by atoms with Crippen LogP contribution in [0.1, 0.15) is 20.7 Å². The van der Waals surface area contributed by atoms with Crippen molar-refractivity contribution < 1.29 is 9.59 Å². The zero-order valence-corrected chi connectivity index (χ0v) is 21.9. The van der Waals surface area contributed by atoms with Crippen LogP contribution < -0.4 is 0 Å². The van der Waals surface area contributed by atoms with Crippen molar-refractivity contribution in [2.24, 2.45) is 0 Å². The molecule has 2 aromatic heterocycles. The lowest BCUT2D eigenvalue weighted by Gasteiger charge is -2.14. The molecule has 0 spiro atoms. The highest BCUT2D eigenvalue weighted by molar-refractivity contribution is 6.39. The molecule has 0 radical (unpaired) electrons. The lowest BCUT2D eigenvalue weighted by atomic mass is 9.95. The molecule has 0 atom stereocenters. The van der Waals surface area contributed by atoms with Gasteiger partial charge in [-0.15, -0.1) is 10.2 Å². The summed E-state index contributed by atoms with van der Waals surface area (Å²) in [6, 6.07) is 30.1. The number of hydrogen-bond donors (Lipinski definition) is 0. The van der Waals surface area contributed by atoms with Gasteiger partial charge >= 0.3 is 0 Å². The van der Waals surface area contributed by atoms with Crippen molar-refractivity contribution >= 4 is 41.4 Å². The number of nitrogens with zero attached hydrogens (tertiary/aromatic N) is 3. The molecule has 0 aliphatic rings. The Bertz CT molecular complexity index is 1860. The SMILES string of the molecule is O=Cc1ccc(-c2cccc(-c3cccc(-c4ccn5c(-c6ccc(C=O)cc6)nnc5c4)c3Cl)c2Cl)cc1. The Hall–Kier alpha value is -4.58. The third-order valence-corrected chi connectivity index (χ3v) is 7.49. The van der Waals surface area contributed by atoms with E-state index in [-0.39, 0.29) is 0 Å². The smallest absolute Gasteiger partial charge is 0.168 e. The molecule has 5 nitrogen and oxygen atoms in total. The van der Waals surface area contributed by atoms with Gasteiger partial charge in [0.15, 0.2) is 11.5 Å². The summed E-state index contributed by atoms with van der Waals surface area (Å²) in [5.74, 6) is 0.679. The first-order valence-corrected chi connectivity index (χ1v) is 12.9. The molecule has 39 heavy (non-hydrogen) atoms. The predicted molar refractivity (Wildman–Crippen MR) is 156 cm³/mol. The molecular formula is C32H19Cl2N3O2. The minimum atomic E-state index is 0.571. The maximum Gasteiger partial charge on any atom is 0.168 e. The number of benzene rings is 4. The first-order valence-electron chi connectivity index (χ1n) is 12.1. The van der Waals surface area contributed by atoms with Crippen molar-refractivity contribution in [1.29, 1.82) is 0 Å². The Kier molecular flexibility index (Phi) is 6.53. The van der Waals surface area contributed by atoms with E-state index in [4.69, 9.17) is 23.2 Å². The number of fused-ring (bicyclic) bond motifs is 1. The molecule has 0 bridgehead atoms. The molecule has 0 fully saturated rings. The van der Waals surface area contributed by atoms with Gasteiger partial charge in [-0.1, -0.05) is 108 Å². The van der Waals surface area contributed by atoms with Gasteiger partial charge in [0, 0.05) is 45.1 Å². The first kappa shape index (κ1) is 24.7. The van der Waals surface area contributed by atoms with Crippen molar-refractivity contribution in [3.8, 4) is 44.8 Å². The summed E-state index contributed by atoms with van der Waals surface area (Å²) in [6.45, 7) is 0. The highest BCUT2D eigenvalue weighted by atomic mass is 35.5. The molecule has 6 rings (SSSR count). The highest BCUT2D eigenvalue weighted by Gasteiger charge is 2.16. The molecule has 0 aliphatic carbocycles. The molecule has 7 heteroatoms. The Morgan fingerprint density at radius 1 is 0.564 bits per heavy atom. The second-order valence-corrected chi connectivity index (χ2v) is 9.74. The van der Waals surface area contributed by atoms with Crippen LogP contribution in [0.25, 0.3) is 50.4 Å². The van der Waals surface area contributed by atoms with E-state index in [1.165, 1.54) is 0 Å². The monoisotopic (exact) mass is 547 g/mol. The number of aromatic nitrogens is 3. The summed E-state index contributed by atoms with van der Waals surface area (Å²) in [7, 11) is 0. The van der Waals surface area contributed by atoms with Crippen molar-refractivity contribution in [3.05, 3.63) is 124 Å². The van der Waals surface area contributed by atoms with Crippen LogP contribution in [-0.2, 0) is 0 Å². The maximum absolute atomic E-state index is 11.0. The van der Waals surface area contributed by atoms with Gasteiger partial charge in [-0.25, -0.2) is 0 Å². The molecule has 0 saturated carbocycles. The number of carbonyl (C=O) groups excluding carboxylic acids is 2. The van der Waals surface area contributed by atoms with Gasteiger partial charge in [-0.2, -0.15) is 0 Å². The lowest BCUT2D eigenvalue weighted by molar-refractivity contribution is 0.111. The largest absolute Gasteiger partial charge is 0.298 e. The van der Waals surface area contributed by atoms with Crippen LogP contribution in [0.2, 0.25) is 10.0 Å². The minimum Gasteiger partial charge on any atom is -0.298 e. The molecular weight excluding hydrogens is 529 g/mol. The fraction of sp³-hybridized carbons (Fsp3) is 0. The summed E-state index contributed by atoms with van der Waals surface area (Å²) in [5.41, 5.74) is 7.85. The molecule has 188 valence electrons. The quantitative estimate of drug-likeness (QED) is 0.196. The molecule has 0 unspecified atom stereocenters. The summed E-state index contributed by atoms with van der Waals surface area (Å²) in [5, 5.41) is 9.87. The van der Waals surface area contributed by atoms with E-state index in [1.807, 2.05) is 83.4 Å². The van der Waals surface area contributed by atoms with Gasteiger partial charge < -0.3 is 0 Å². The van der Waals surface area contributed by atoms with Gasteiger partial charge in [0.1, 0.15) is 12.6 Å². The minimum absolute atomic E-state index is 0.571. The van der Waals surface area contributed by atoms with Crippen molar-refractivity contribution in [2.75, 3.05) is 0 Å². The van der Waals surface area contributed by atoms with Crippen LogP contribution in [0.3, 0.4) is 0 Å². The van der Waals surface area contributed by atoms with E-state index in [9.17, 15) is 9.59 Å². The third-order valence-electron chi connectivity index (χ3n) is 6.67. The molecule has 0 amide bonds. The molecule has 6 aromatic rings. The first-order chi connectivity index (χ1) is 19.1. The van der Waals surface area contributed by atoms with Crippen LogP contribution in [0.15, 0.2) is 103 Å². The van der Waals surface area contributed by atoms with E-state index in [1.54, 1.807) is 24.3 Å². The number of halogens is 2. The van der Waals surface area contributed by atoms with Crippen LogP contribution in [-0.4, -0.2) is 27.2 Å². The van der Waals surface area contributed by atoms with Gasteiger partial charge in [-0.3, -0.25) is 14.0 Å². The maximum atomic E-state index is 11.0. The van der Waals surface area contributed by atoms with Gasteiger partial charge in [-0.05, 0) is 23.3 Å². The number of hydrogen-bond acceptors (Lipinski definition) is 4. The standard InChI is InChI=1S/C32H19Cl2N3O2/c33-30-25(22-11-7-20(18-38)8-12-22)3-1-5-27(30)28-6-2-4-26(31(28)34)24-15-16-37-29(17-24)35-36-32(37)23-13-9-21(19-39)10-14-23/h1-19H. The van der Waals surface area contributed by atoms with Gasteiger partial charge in [0.05, 0.1) is 10.0 Å². The van der Waals surface area contributed by atoms with Crippen LogP contribution in [0.4, 0.5) is 0 Å². The number of pyridine rings is 1. The lowest BCUT2D eigenvalue weighted by Crippen LogP contribution is -1.92. The zero-order valence-electron chi connectivity index (χ0n) is 20.4. The van der Waals surface area contributed by atoms with E-state index in [2.05, 4.69) is 10.2 Å². The number of carbonyl (C=O) groups is 2. The molecule has 2 heterocycles. The summed E-state index contributed by atoms with van der Waals surface area (Å²) >= 11 is 13.9. The normalized spacial score (nSPS) is 11.0. The molecule has 0 aliphatic heterocycles. The third kappa shape index (κ3) is 4.52. The van der Waals surface area contributed by atoms with Gasteiger partial charge in [0.25, 0.3) is 0 Å². The van der Waals surface area contributed by atoms with E-state index in [0.717, 1.165) is 51.5 Å². The second-order valence-electron chi connectivity index (χ2n) is 8.98. The van der Waals surface area contributed by atoms with Crippen molar-refractivity contribution in [1.82, 2.24) is 14.6 Å². The van der Waals surface area contributed by atoms with E-state index >= 15 is 0 Å². The topological polar surface area (TPSA) is 64.3 Å². The fourth-order valence-electron chi connectivity index (χ4n) is 4.63. The molecule has 4 aromatic carbocycles. The number of aldehydes is 2. The second kappa shape index (κ2) is 10.3. The Morgan fingerprint density at radius 3 is 1.64 bits per heavy atom. The highest BCUT2D eigenvalue weighted by Crippen LogP contribution is 2.42. The predicted octanol–water partition coefficient (Wildman–Crippen LogP) is 8.33. The van der Waals surface area contributed by atoms with Gasteiger partial charge in [0.2, 0.25) is 0 Å². The van der Waals surface area contributed by atoms with Crippen LogP contribution in [0, 0.1) is 0 Å². The van der Waals surface area contributed by atoms with Crippen LogP contribution >= 0.6 is 23.2 Å². The summed E-state index contributed by atoms with van der Waals surface area (Å²) in [4.78, 5) is 22.0. The Balaban J connectivity index is 1.39. The molecule has 0 saturated heterocycles. The number of rotatable bonds is 6. The Labute approximate surface area is 234 Å². The molecule has 0 N–H and O–H groups in total. The average molecular weight is 548 g/mol. The average Bonchev–Trinajstić information content (AvgIpc) is 3.41. The van der Waals surface area contributed by atoms with Crippen molar-refractivity contribution in [2.45, 2.75) is 0 Å². The Morgan fingerprint density at radius 2 is 1.08 bits per heavy atom. The summed E-state index contributed by atoms with van der Waals surface area (Å²) in [6.07, 6.45) is 3.54. The van der Waals surface area contributed by atoms with Crippen molar-refractivity contribution in [3.63, 3.8) is 0 Å². The fourth-order valence-corrected chi connectivity index (χ4v) is 5.31. The van der Waals surface area contributed by atoms with E-state index in [0.29, 0.717) is 32.6 Å². The van der Waals surface area contributed by atoms with Crippen LogP contribution in [0.5, 0.6) is 0 Å². The van der Waals surface area contributed by atoms with E-state index < -0.39 is 0 Å². The zero-order chi connectivity index (χ0) is 26.9. The summed E-state index contributed by atoms with van der Waals surface area (Å²) < 4.78 is 1.90.